The number of hydrogen-bond donors (Lipinski definition) is 1. The lowest BCUT2D eigenvalue weighted by Crippen LogP contribution is -2.14. The molecule has 0 fully saturated rings. The molecule has 0 bridgehead atoms. The van der Waals surface area contributed by atoms with Gasteiger partial charge in [-0.3, -0.25) is 4.79 Å². The van der Waals surface area contributed by atoms with E-state index in [2.05, 4.69) is 15.5 Å². The van der Waals surface area contributed by atoms with Crippen LogP contribution < -0.4 is 14.8 Å². The minimum atomic E-state index is -0.535. The lowest BCUT2D eigenvalue weighted by Gasteiger charge is -2.11. The molecule has 1 aliphatic heterocycles. The topological polar surface area (TPSA) is 78.3 Å². The van der Waals surface area contributed by atoms with Crippen molar-refractivity contribution in [3.63, 3.8) is 0 Å². The average molecular weight is 463 g/mol. The fourth-order valence-electron chi connectivity index (χ4n) is 3.10. The van der Waals surface area contributed by atoms with Crippen LogP contribution in [0.5, 0.6) is 11.5 Å². The Balaban J connectivity index is 1.46. The second kappa shape index (κ2) is 9.57. The number of ether oxygens (including phenoxy) is 2. The zero-order chi connectivity index (χ0) is 21.8. The standard InChI is InChI=1S/C21H20ClFN4O3S/c1-2-27-20(13-4-7-17-18(10-13)30-9-3-8-29-17)25-26-21(27)31-12-19(28)24-14-5-6-16(23)15(22)11-14/h4-7,10-11H,2-3,8-9,12H2,1H3,(H,24,28). The smallest absolute Gasteiger partial charge is 0.234 e. The Kier molecular flexibility index (Phi) is 6.62. The molecule has 0 saturated heterocycles. The summed E-state index contributed by atoms with van der Waals surface area (Å²) in [7, 11) is 0. The monoisotopic (exact) mass is 462 g/mol. The van der Waals surface area contributed by atoms with Crippen LogP contribution in [0.2, 0.25) is 5.02 Å². The molecule has 2 heterocycles. The first-order chi connectivity index (χ1) is 15.0. The number of amides is 1. The van der Waals surface area contributed by atoms with Crippen molar-refractivity contribution in [3.8, 4) is 22.9 Å². The number of fused-ring (bicyclic) bond motifs is 1. The molecule has 0 spiro atoms. The summed E-state index contributed by atoms with van der Waals surface area (Å²) in [6.07, 6.45) is 0.835. The molecular weight excluding hydrogens is 443 g/mol. The number of carbonyl (C=O) groups excluding carboxylic acids is 1. The zero-order valence-corrected chi connectivity index (χ0v) is 18.3. The van der Waals surface area contributed by atoms with Crippen molar-refractivity contribution in [2.75, 3.05) is 24.3 Å². The quantitative estimate of drug-likeness (QED) is 0.537. The maximum absolute atomic E-state index is 13.3. The fourth-order valence-corrected chi connectivity index (χ4v) is 4.08. The second-order valence-corrected chi connectivity index (χ2v) is 8.08. The summed E-state index contributed by atoms with van der Waals surface area (Å²) < 4.78 is 26.7. The molecule has 1 aromatic heterocycles. The number of nitrogens with one attached hydrogen (secondary N) is 1. The largest absolute Gasteiger partial charge is 0.490 e. The van der Waals surface area contributed by atoms with Crippen LogP contribution in [0.3, 0.4) is 0 Å². The van der Waals surface area contributed by atoms with Crippen molar-refractivity contribution in [3.05, 3.63) is 47.2 Å². The van der Waals surface area contributed by atoms with Gasteiger partial charge in [-0.2, -0.15) is 0 Å². The normalized spacial score (nSPS) is 13.0. The fraction of sp³-hybridized carbons (Fsp3) is 0.286. The van der Waals surface area contributed by atoms with Gasteiger partial charge in [-0.05, 0) is 43.3 Å². The number of thioether (sulfide) groups is 1. The molecular formula is C21H20ClFN4O3S. The SMILES string of the molecule is CCn1c(SCC(=O)Nc2ccc(F)c(Cl)c2)nnc1-c1ccc2c(c1)OCCCO2. The Morgan fingerprint density at radius 1 is 1.19 bits per heavy atom. The molecule has 31 heavy (non-hydrogen) atoms. The second-order valence-electron chi connectivity index (χ2n) is 6.73. The first-order valence-corrected chi connectivity index (χ1v) is 11.1. The summed E-state index contributed by atoms with van der Waals surface area (Å²) in [6, 6.07) is 9.73. The summed E-state index contributed by atoms with van der Waals surface area (Å²) in [4.78, 5) is 12.3. The Bertz CT molecular complexity index is 1110. The molecule has 1 aliphatic rings. The van der Waals surface area contributed by atoms with E-state index in [9.17, 15) is 9.18 Å². The van der Waals surface area contributed by atoms with E-state index in [4.69, 9.17) is 21.1 Å². The van der Waals surface area contributed by atoms with Gasteiger partial charge in [0.05, 0.1) is 24.0 Å². The molecule has 10 heteroatoms. The van der Waals surface area contributed by atoms with E-state index in [1.54, 1.807) is 0 Å². The predicted octanol–water partition coefficient (Wildman–Crippen LogP) is 4.65. The van der Waals surface area contributed by atoms with Gasteiger partial charge in [-0.25, -0.2) is 4.39 Å². The third-order valence-corrected chi connectivity index (χ3v) is 5.83. The number of halogens is 2. The minimum absolute atomic E-state index is 0.0454. The Morgan fingerprint density at radius 2 is 2.00 bits per heavy atom. The van der Waals surface area contributed by atoms with Crippen LogP contribution >= 0.6 is 23.4 Å². The Hall–Kier alpha value is -2.78. The van der Waals surface area contributed by atoms with Crippen molar-refractivity contribution in [1.29, 1.82) is 0 Å². The maximum atomic E-state index is 13.3. The van der Waals surface area contributed by atoms with Crippen molar-refractivity contribution in [2.45, 2.75) is 25.0 Å². The predicted molar refractivity (Wildman–Crippen MR) is 118 cm³/mol. The molecule has 2 aromatic carbocycles. The number of rotatable bonds is 6. The van der Waals surface area contributed by atoms with Crippen molar-refractivity contribution < 1.29 is 18.7 Å². The van der Waals surface area contributed by atoms with Gasteiger partial charge in [-0.1, -0.05) is 23.4 Å². The molecule has 0 aliphatic carbocycles. The molecule has 0 saturated carbocycles. The molecule has 1 N–H and O–H groups in total. The van der Waals surface area contributed by atoms with E-state index in [0.29, 0.717) is 42.2 Å². The first kappa shape index (κ1) is 21.5. The van der Waals surface area contributed by atoms with Gasteiger partial charge in [-0.15, -0.1) is 10.2 Å². The van der Waals surface area contributed by atoms with Crippen molar-refractivity contribution in [1.82, 2.24) is 14.8 Å². The van der Waals surface area contributed by atoms with E-state index in [1.165, 1.54) is 30.0 Å². The van der Waals surface area contributed by atoms with Crippen molar-refractivity contribution in [2.24, 2.45) is 0 Å². The van der Waals surface area contributed by atoms with Gasteiger partial charge < -0.3 is 19.4 Å². The summed E-state index contributed by atoms with van der Waals surface area (Å²) >= 11 is 7.02. The maximum Gasteiger partial charge on any atom is 0.234 e. The van der Waals surface area contributed by atoms with Crippen LogP contribution in [0.1, 0.15) is 13.3 Å². The highest BCUT2D eigenvalue weighted by Gasteiger charge is 2.18. The molecule has 0 radical (unpaired) electrons. The van der Waals surface area contributed by atoms with Gasteiger partial charge >= 0.3 is 0 Å². The highest BCUT2D eigenvalue weighted by molar-refractivity contribution is 7.99. The van der Waals surface area contributed by atoms with Crippen LogP contribution in [0.4, 0.5) is 10.1 Å². The summed E-state index contributed by atoms with van der Waals surface area (Å²) in [6.45, 7) is 3.85. The van der Waals surface area contributed by atoms with Gasteiger partial charge in [0.15, 0.2) is 22.5 Å². The van der Waals surface area contributed by atoms with E-state index in [-0.39, 0.29) is 16.7 Å². The van der Waals surface area contributed by atoms with Crippen LogP contribution in [-0.4, -0.2) is 39.6 Å². The Labute approximate surface area is 187 Å². The average Bonchev–Trinajstić information content (AvgIpc) is 3.03. The minimum Gasteiger partial charge on any atom is -0.490 e. The number of aromatic nitrogens is 3. The number of anilines is 1. The van der Waals surface area contributed by atoms with E-state index in [1.807, 2.05) is 29.7 Å². The summed E-state index contributed by atoms with van der Waals surface area (Å²) in [5, 5.41) is 11.8. The van der Waals surface area contributed by atoms with Crippen LogP contribution in [0.25, 0.3) is 11.4 Å². The summed E-state index contributed by atoms with van der Waals surface area (Å²) in [5.41, 5.74) is 1.29. The van der Waals surface area contributed by atoms with Crippen LogP contribution in [-0.2, 0) is 11.3 Å². The lowest BCUT2D eigenvalue weighted by molar-refractivity contribution is -0.113. The molecule has 7 nitrogen and oxygen atoms in total. The Morgan fingerprint density at radius 3 is 2.77 bits per heavy atom. The highest BCUT2D eigenvalue weighted by Crippen LogP contribution is 2.34. The van der Waals surface area contributed by atoms with E-state index < -0.39 is 5.82 Å². The lowest BCUT2D eigenvalue weighted by atomic mass is 10.2. The van der Waals surface area contributed by atoms with E-state index in [0.717, 1.165) is 17.7 Å². The molecule has 1 amide bonds. The summed E-state index contributed by atoms with van der Waals surface area (Å²) in [5.74, 6) is 1.42. The van der Waals surface area contributed by atoms with Gasteiger partial charge in [0.2, 0.25) is 5.91 Å². The number of benzene rings is 2. The molecule has 4 rings (SSSR count). The molecule has 162 valence electrons. The molecule has 0 atom stereocenters. The highest BCUT2D eigenvalue weighted by atomic mass is 35.5. The van der Waals surface area contributed by atoms with Gasteiger partial charge in [0.25, 0.3) is 0 Å². The van der Waals surface area contributed by atoms with E-state index >= 15 is 0 Å². The first-order valence-electron chi connectivity index (χ1n) is 9.76. The number of nitrogens with zero attached hydrogens (tertiary/aromatic N) is 3. The molecule has 0 unspecified atom stereocenters. The van der Waals surface area contributed by atoms with Gasteiger partial charge in [0.1, 0.15) is 5.82 Å². The number of hydrogen-bond acceptors (Lipinski definition) is 6. The van der Waals surface area contributed by atoms with Gasteiger partial charge in [0, 0.05) is 24.2 Å². The van der Waals surface area contributed by atoms with Crippen molar-refractivity contribution >= 4 is 35.0 Å². The van der Waals surface area contributed by atoms with Crippen LogP contribution in [0.15, 0.2) is 41.6 Å². The third-order valence-electron chi connectivity index (χ3n) is 4.57. The van der Waals surface area contributed by atoms with Crippen LogP contribution in [0, 0.1) is 5.82 Å². The molecule has 3 aromatic rings. The number of carbonyl (C=O) groups is 1. The third kappa shape index (κ3) is 4.94. The zero-order valence-electron chi connectivity index (χ0n) is 16.7.